The van der Waals surface area contributed by atoms with Crippen LogP contribution in [0.25, 0.3) is 10.1 Å². The van der Waals surface area contributed by atoms with Gasteiger partial charge in [0.1, 0.15) is 0 Å². The standard InChI is InChI=1S/C12H12OS/c1-2-5-11(13)10-8-14-12-7-4-3-6-9(10)12/h2-4,6-8,11,13H,1,5H2. The molecule has 72 valence electrons. The molecule has 1 unspecified atom stereocenters. The van der Waals surface area contributed by atoms with Crippen LogP contribution in [-0.2, 0) is 0 Å². The Labute approximate surface area is 87.3 Å². The molecule has 2 aromatic rings. The van der Waals surface area contributed by atoms with Crippen LogP contribution in [0.2, 0.25) is 0 Å². The third-order valence-electron chi connectivity index (χ3n) is 2.26. The van der Waals surface area contributed by atoms with Gasteiger partial charge in [0.15, 0.2) is 0 Å². The number of benzene rings is 1. The van der Waals surface area contributed by atoms with Crippen LogP contribution < -0.4 is 0 Å². The Morgan fingerprint density at radius 1 is 1.43 bits per heavy atom. The third-order valence-corrected chi connectivity index (χ3v) is 3.24. The first-order valence-corrected chi connectivity index (χ1v) is 5.46. The van der Waals surface area contributed by atoms with Gasteiger partial charge in [0.2, 0.25) is 0 Å². The topological polar surface area (TPSA) is 20.2 Å². The summed E-state index contributed by atoms with van der Waals surface area (Å²) in [5.41, 5.74) is 1.02. The van der Waals surface area contributed by atoms with Gasteiger partial charge in [-0.15, -0.1) is 17.9 Å². The molecule has 2 rings (SSSR count). The van der Waals surface area contributed by atoms with Crippen LogP contribution in [0.15, 0.2) is 42.3 Å². The highest BCUT2D eigenvalue weighted by atomic mass is 32.1. The maximum absolute atomic E-state index is 9.84. The minimum Gasteiger partial charge on any atom is -0.388 e. The second-order valence-corrected chi connectivity index (χ2v) is 4.14. The normalized spacial score (nSPS) is 12.9. The largest absolute Gasteiger partial charge is 0.388 e. The Morgan fingerprint density at radius 3 is 3.00 bits per heavy atom. The highest BCUT2D eigenvalue weighted by Gasteiger charge is 2.10. The fourth-order valence-electron chi connectivity index (χ4n) is 1.54. The van der Waals surface area contributed by atoms with Crippen LogP contribution >= 0.6 is 11.3 Å². The minimum atomic E-state index is -0.413. The molecule has 2 heteroatoms. The molecule has 1 aromatic carbocycles. The summed E-state index contributed by atoms with van der Waals surface area (Å²) < 4.78 is 1.23. The van der Waals surface area contributed by atoms with E-state index in [1.165, 1.54) is 4.70 Å². The van der Waals surface area contributed by atoms with Crippen molar-refractivity contribution in [2.45, 2.75) is 12.5 Å². The molecule has 14 heavy (non-hydrogen) atoms. The van der Waals surface area contributed by atoms with Gasteiger partial charge in [-0.2, -0.15) is 0 Å². The summed E-state index contributed by atoms with van der Waals surface area (Å²) in [6, 6.07) is 8.14. The van der Waals surface area contributed by atoms with E-state index in [1.54, 1.807) is 17.4 Å². The van der Waals surface area contributed by atoms with E-state index < -0.39 is 6.10 Å². The van der Waals surface area contributed by atoms with Gasteiger partial charge < -0.3 is 5.11 Å². The molecule has 1 atom stereocenters. The Hall–Kier alpha value is -1.12. The summed E-state index contributed by atoms with van der Waals surface area (Å²) in [6.07, 6.45) is 1.95. The van der Waals surface area contributed by atoms with E-state index in [4.69, 9.17) is 0 Å². The number of thiophene rings is 1. The first kappa shape index (κ1) is 9.44. The lowest BCUT2D eigenvalue weighted by Gasteiger charge is -2.05. The molecule has 1 nitrogen and oxygen atoms in total. The van der Waals surface area contributed by atoms with Crippen molar-refractivity contribution in [2.75, 3.05) is 0 Å². The van der Waals surface area contributed by atoms with E-state index in [2.05, 4.69) is 12.6 Å². The first-order chi connectivity index (χ1) is 6.83. The van der Waals surface area contributed by atoms with Gasteiger partial charge >= 0.3 is 0 Å². The van der Waals surface area contributed by atoms with Crippen LogP contribution in [0.1, 0.15) is 18.1 Å². The van der Waals surface area contributed by atoms with Crippen LogP contribution in [-0.4, -0.2) is 5.11 Å². The predicted molar refractivity (Wildman–Crippen MR) is 61.6 cm³/mol. The summed E-state index contributed by atoms with van der Waals surface area (Å²) in [4.78, 5) is 0. The maximum atomic E-state index is 9.84. The Morgan fingerprint density at radius 2 is 2.21 bits per heavy atom. The molecule has 0 amide bonds. The SMILES string of the molecule is C=CCC(O)c1csc2ccccc12. The van der Waals surface area contributed by atoms with Gasteiger partial charge in [-0.3, -0.25) is 0 Å². The number of fused-ring (bicyclic) bond motifs is 1. The lowest BCUT2D eigenvalue weighted by atomic mass is 10.1. The Kier molecular flexibility index (Phi) is 2.66. The van der Waals surface area contributed by atoms with Crippen molar-refractivity contribution in [1.29, 1.82) is 0 Å². The molecule has 1 N–H and O–H groups in total. The molecule has 1 aromatic heterocycles. The molecular weight excluding hydrogens is 192 g/mol. The third kappa shape index (κ3) is 1.59. The van der Waals surface area contributed by atoms with Crippen molar-refractivity contribution in [3.05, 3.63) is 47.9 Å². The first-order valence-electron chi connectivity index (χ1n) is 4.58. The summed E-state index contributed by atoms with van der Waals surface area (Å²) >= 11 is 1.67. The van der Waals surface area contributed by atoms with E-state index in [9.17, 15) is 5.11 Å². The summed E-state index contributed by atoms with van der Waals surface area (Å²) in [6.45, 7) is 3.63. The summed E-state index contributed by atoms with van der Waals surface area (Å²) in [7, 11) is 0. The molecule has 0 radical (unpaired) electrons. The Bertz CT molecular complexity index is 444. The predicted octanol–water partition coefficient (Wildman–Crippen LogP) is 3.51. The molecule has 0 saturated carbocycles. The summed E-state index contributed by atoms with van der Waals surface area (Å²) in [5.74, 6) is 0. The smallest absolute Gasteiger partial charge is 0.0838 e. The second kappa shape index (κ2) is 3.95. The lowest BCUT2D eigenvalue weighted by molar-refractivity contribution is 0.183. The number of rotatable bonds is 3. The number of hydrogen-bond donors (Lipinski definition) is 1. The zero-order valence-corrected chi connectivity index (χ0v) is 8.63. The zero-order valence-electron chi connectivity index (χ0n) is 7.81. The van der Waals surface area contributed by atoms with Crippen LogP contribution in [0.5, 0.6) is 0 Å². The monoisotopic (exact) mass is 204 g/mol. The van der Waals surface area contributed by atoms with Gasteiger partial charge in [0.25, 0.3) is 0 Å². The van der Waals surface area contributed by atoms with Crippen molar-refractivity contribution in [1.82, 2.24) is 0 Å². The number of hydrogen-bond acceptors (Lipinski definition) is 2. The zero-order chi connectivity index (χ0) is 9.97. The van der Waals surface area contributed by atoms with Crippen molar-refractivity contribution in [2.24, 2.45) is 0 Å². The quantitative estimate of drug-likeness (QED) is 0.758. The molecule has 0 saturated heterocycles. The molecular formula is C12H12OS. The highest BCUT2D eigenvalue weighted by Crippen LogP contribution is 2.31. The van der Waals surface area contributed by atoms with Gasteiger partial charge in [-0.25, -0.2) is 0 Å². The second-order valence-electron chi connectivity index (χ2n) is 3.23. The molecule has 0 aliphatic carbocycles. The number of aliphatic hydroxyl groups excluding tert-OH is 1. The van der Waals surface area contributed by atoms with Crippen LogP contribution in [0.3, 0.4) is 0 Å². The Balaban J connectivity index is 2.47. The molecule has 1 heterocycles. The van der Waals surface area contributed by atoms with Crippen LogP contribution in [0.4, 0.5) is 0 Å². The van der Waals surface area contributed by atoms with Crippen molar-refractivity contribution < 1.29 is 5.11 Å². The van der Waals surface area contributed by atoms with Gasteiger partial charge in [0, 0.05) is 4.70 Å². The van der Waals surface area contributed by atoms with E-state index in [0.29, 0.717) is 6.42 Å². The molecule has 0 aliphatic rings. The average molecular weight is 204 g/mol. The fraction of sp³-hybridized carbons (Fsp3) is 0.167. The molecule has 0 bridgehead atoms. The van der Waals surface area contributed by atoms with Crippen molar-refractivity contribution >= 4 is 21.4 Å². The molecule has 0 aliphatic heterocycles. The number of aliphatic hydroxyl groups is 1. The summed E-state index contributed by atoms with van der Waals surface area (Å²) in [5, 5.41) is 13.0. The minimum absolute atomic E-state index is 0.413. The van der Waals surface area contributed by atoms with Crippen LogP contribution in [0, 0.1) is 0 Å². The van der Waals surface area contributed by atoms with Gasteiger partial charge in [-0.05, 0) is 28.8 Å². The van der Waals surface area contributed by atoms with Gasteiger partial charge in [0.05, 0.1) is 6.10 Å². The van der Waals surface area contributed by atoms with Crippen molar-refractivity contribution in [3.63, 3.8) is 0 Å². The molecule has 0 fully saturated rings. The highest BCUT2D eigenvalue weighted by molar-refractivity contribution is 7.17. The van der Waals surface area contributed by atoms with E-state index in [0.717, 1.165) is 10.9 Å². The average Bonchev–Trinajstić information content (AvgIpc) is 2.61. The van der Waals surface area contributed by atoms with E-state index in [1.807, 2.05) is 23.6 Å². The van der Waals surface area contributed by atoms with E-state index in [-0.39, 0.29) is 0 Å². The molecule has 0 spiro atoms. The fourth-order valence-corrected chi connectivity index (χ4v) is 2.55. The van der Waals surface area contributed by atoms with Gasteiger partial charge in [-0.1, -0.05) is 24.3 Å². The maximum Gasteiger partial charge on any atom is 0.0838 e. The lowest BCUT2D eigenvalue weighted by Crippen LogP contribution is -1.93. The van der Waals surface area contributed by atoms with Crippen molar-refractivity contribution in [3.8, 4) is 0 Å². The van der Waals surface area contributed by atoms with E-state index >= 15 is 0 Å².